The predicted octanol–water partition coefficient (Wildman–Crippen LogP) is 3.19. The van der Waals surface area contributed by atoms with Crippen molar-refractivity contribution >= 4 is 11.7 Å². The molecule has 1 fully saturated rings. The molecule has 0 spiro atoms. The van der Waals surface area contributed by atoms with E-state index in [1.165, 1.54) is 0 Å². The highest BCUT2D eigenvalue weighted by Gasteiger charge is 2.34. The molecular formula is C14H18F3N3O. The Morgan fingerprint density at radius 1 is 1.48 bits per heavy atom. The summed E-state index contributed by atoms with van der Waals surface area (Å²) in [6.07, 6.45) is -0.641. The summed E-state index contributed by atoms with van der Waals surface area (Å²) in [4.78, 5) is 14.9. The predicted molar refractivity (Wildman–Crippen MR) is 72.8 cm³/mol. The summed E-state index contributed by atoms with van der Waals surface area (Å²) in [5.74, 6) is -0.255. The quantitative estimate of drug-likeness (QED) is 0.848. The number of pyridine rings is 1. The number of alkyl halides is 3. The molecule has 3 N–H and O–H groups in total. The Hall–Kier alpha value is -1.79. The van der Waals surface area contributed by atoms with Crippen LogP contribution >= 0.6 is 0 Å². The summed E-state index contributed by atoms with van der Waals surface area (Å²) in [6.45, 7) is 1.94. The van der Waals surface area contributed by atoms with Gasteiger partial charge in [0.2, 0.25) is 0 Å². The SMILES string of the molecule is CCC(CC1CC1)Nc1nc(C(F)(F)F)ccc1C(N)=O. The minimum atomic E-state index is -4.55. The molecule has 21 heavy (non-hydrogen) atoms. The van der Waals surface area contributed by atoms with Gasteiger partial charge in [-0.3, -0.25) is 4.79 Å². The minimum absolute atomic E-state index is 0.00779. The molecule has 2 rings (SSSR count). The topological polar surface area (TPSA) is 68.0 Å². The number of carbonyl (C=O) groups excluding carboxylic acids is 1. The first-order valence-electron chi connectivity index (χ1n) is 6.95. The van der Waals surface area contributed by atoms with Crippen molar-refractivity contribution in [2.24, 2.45) is 11.7 Å². The minimum Gasteiger partial charge on any atom is -0.367 e. The first-order valence-corrected chi connectivity index (χ1v) is 6.95. The second kappa shape index (κ2) is 5.91. The van der Waals surface area contributed by atoms with Crippen molar-refractivity contribution in [3.8, 4) is 0 Å². The molecule has 1 aromatic rings. The summed E-state index contributed by atoms with van der Waals surface area (Å²) in [5, 5.41) is 2.95. The molecule has 1 atom stereocenters. The van der Waals surface area contributed by atoms with E-state index in [0.29, 0.717) is 5.92 Å². The molecule has 4 nitrogen and oxygen atoms in total. The molecule has 7 heteroatoms. The average molecular weight is 301 g/mol. The van der Waals surface area contributed by atoms with Gasteiger partial charge in [0, 0.05) is 6.04 Å². The van der Waals surface area contributed by atoms with Crippen LogP contribution in [0.4, 0.5) is 19.0 Å². The maximum absolute atomic E-state index is 12.7. The number of anilines is 1. The molecule has 0 aromatic carbocycles. The zero-order valence-corrected chi connectivity index (χ0v) is 11.7. The Bertz CT molecular complexity index is 527. The van der Waals surface area contributed by atoms with Gasteiger partial charge in [0.15, 0.2) is 0 Å². The van der Waals surface area contributed by atoms with E-state index >= 15 is 0 Å². The second-order valence-corrected chi connectivity index (χ2v) is 5.38. The van der Waals surface area contributed by atoms with Crippen LogP contribution in [0.1, 0.15) is 48.7 Å². The fraction of sp³-hybridized carbons (Fsp3) is 0.571. The van der Waals surface area contributed by atoms with E-state index in [1.807, 2.05) is 6.92 Å². The van der Waals surface area contributed by atoms with Crippen molar-refractivity contribution in [1.82, 2.24) is 4.98 Å². The van der Waals surface area contributed by atoms with E-state index in [0.717, 1.165) is 37.8 Å². The van der Waals surface area contributed by atoms with Gasteiger partial charge < -0.3 is 11.1 Å². The number of carbonyl (C=O) groups is 1. The van der Waals surface area contributed by atoms with Crippen LogP contribution in [-0.2, 0) is 6.18 Å². The van der Waals surface area contributed by atoms with Crippen molar-refractivity contribution in [3.63, 3.8) is 0 Å². The molecule has 1 aliphatic rings. The van der Waals surface area contributed by atoms with Crippen molar-refractivity contribution < 1.29 is 18.0 Å². The van der Waals surface area contributed by atoms with E-state index in [4.69, 9.17) is 5.73 Å². The smallest absolute Gasteiger partial charge is 0.367 e. The van der Waals surface area contributed by atoms with Crippen LogP contribution in [-0.4, -0.2) is 16.9 Å². The lowest BCUT2D eigenvalue weighted by Crippen LogP contribution is -2.24. The van der Waals surface area contributed by atoms with Crippen molar-refractivity contribution in [1.29, 1.82) is 0 Å². The molecule has 0 saturated heterocycles. The van der Waals surface area contributed by atoms with Gasteiger partial charge in [0.1, 0.15) is 11.5 Å². The van der Waals surface area contributed by atoms with Crippen LogP contribution in [0.2, 0.25) is 0 Å². The maximum Gasteiger partial charge on any atom is 0.433 e. The Labute approximate surface area is 120 Å². The Morgan fingerprint density at radius 3 is 2.62 bits per heavy atom. The standard InChI is InChI=1S/C14H18F3N3O/c1-2-9(7-8-3-4-8)19-13-10(12(18)21)5-6-11(20-13)14(15,16)17/h5-6,8-9H,2-4,7H2,1H3,(H2,18,21)(H,19,20). The highest BCUT2D eigenvalue weighted by Crippen LogP contribution is 2.35. The average Bonchev–Trinajstić information content (AvgIpc) is 3.20. The van der Waals surface area contributed by atoms with E-state index in [2.05, 4.69) is 10.3 Å². The zero-order chi connectivity index (χ0) is 15.6. The van der Waals surface area contributed by atoms with Crippen LogP contribution in [0.25, 0.3) is 0 Å². The van der Waals surface area contributed by atoms with Gasteiger partial charge in [-0.15, -0.1) is 0 Å². The summed E-state index contributed by atoms with van der Waals surface area (Å²) in [7, 11) is 0. The van der Waals surface area contributed by atoms with Crippen LogP contribution in [0, 0.1) is 5.92 Å². The highest BCUT2D eigenvalue weighted by atomic mass is 19.4. The monoisotopic (exact) mass is 301 g/mol. The van der Waals surface area contributed by atoms with E-state index in [-0.39, 0.29) is 17.4 Å². The molecule has 0 aliphatic heterocycles. The number of amides is 1. The van der Waals surface area contributed by atoms with Crippen molar-refractivity contribution in [2.75, 3.05) is 5.32 Å². The van der Waals surface area contributed by atoms with Gasteiger partial charge >= 0.3 is 6.18 Å². The van der Waals surface area contributed by atoms with Crippen LogP contribution in [0.5, 0.6) is 0 Å². The number of nitrogens with two attached hydrogens (primary N) is 1. The highest BCUT2D eigenvalue weighted by molar-refractivity contribution is 5.97. The van der Waals surface area contributed by atoms with E-state index < -0.39 is 17.8 Å². The number of primary amides is 1. The lowest BCUT2D eigenvalue weighted by Gasteiger charge is -2.19. The largest absolute Gasteiger partial charge is 0.433 e. The van der Waals surface area contributed by atoms with Crippen LogP contribution in [0.15, 0.2) is 12.1 Å². The molecular weight excluding hydrogens is 283 g/mol. The van der Waals surface area contributed by atoms with Crippen molar-refractivity contribution in [2.45, 2.75) is 44.8 Å². The normalized spacial score (nSPS) is 16.6. The molecule has 0 bridgehead atoms. The van der Waals surface area contributed by atoms with Gasteiger partial charge in [-0.25, -0.2) is 4.98 Å². The fourth-order valence-corrected chi connectivity index (χ4v) is 2.20. The summed E-state index contributed by atoms with van der Waals surface area (Å²) in [6, 6.07) is 1.84. The van der Waals surface area contributed by atoms with Crippen LogP contribution in [0.3, 0.4) is 0 Å². The van der Waals surface area contributed by atoms with E-state index in [9.17, 15) is 18.0 Å². The third-order valence-electron chi connectivity index (χ3n) is 3.60. The number of aromatic nitrogens is 1. The Balaban J connectivity index is 2.26. The lowest BCUT2D eigenvalue weighted by molar-refractivity contribution is -0.141. The van der Waals surface area contributed by atoms with E-state index in [1.54, 1.807) is 0 Å². The molecule has 1 unspecified atom stereocenters. The van der Waals surface area contributed by atoms with Crippen molar-refractivity contribution in [3.05, 3.63) is 23.4 Å². The number of nitrogens with one attached hydrogen (secondary N) is 1. The third-order valence-corrected chi connectivity index (χ3v) is 3.60. The molecule has 1 heterocycles. The lowest BCUT2D eigenvalue weighted by atomic mass is 10.1. The summed E-state index contributed by atoms with van der Waals surface area (Å²) >= 11 is 0. The maximum atomic E-state index is 12.7. The number of hydrogen-bond donors (Lipinski definition) is 2. The molecule has 1 saturated carbocycles. The molecule has 116 valence electrons. The van der Waals surface area contributed by atoms with Gasteiger partial charge in [-0.1, -0.05) is 19.8 Å². The number of nitrogens with zero attached hydrogens (tertiary/aromatic N) is 1. The number of rotatable bonds is 6. The second-order valence-electron chi connectivity index (χ2n) is 5.38. The Morgan fingerprint density at radius 2 is 2.14 bits per heavy atom. The fourth-order valence-electron chi connectivity index (χ4n) is 2.20. The van der Waals surface area contributed by atoms with Gasteiger partial charge in [-0.05, 0) is 30.9 Å². The molecule has 1 amide bonds. The summed E-state index contributed by atoms with van der Waals surface area (Å²) < 4.78 is 38.2. The third kappa shape index (κ3) is 4.09. The zero-order valence-electron chi connectivity index (χ0n) is 11.7. The van der Waals surface area contributed by atoms with Gasteiger partial charge in [0.25, 0.3) is 5.91 Å². The first-order chi connectivity index (χ1) is 9.81. The molecule has 0 radical (unpaired) electrons. The first kappa shape index (κ1) is 15.6. The number of halogens is 3. The number of hydrogen-bond acceptors (Lipinski definition) is 3. The molecule has 1 aliphatic carbocycles. The summed E-state index contributed by atoms with van der Waals surface area (Å²) in [5.41, 5.74) is 4.16. The Kier molecular flexibility index (Phi) is 4.39. The van der Waals surface area contributed by atoms with Gasteiger partial charge in [-0.2, -0.15) is 13.2 Å². The van der Waals surface area contributed by atoms with Gasteiger partial charge in [0.05, 0.1) is 5.56 Å². The molecule has 1 aromatic heterocycles. The van der Waals surface area contributed by atoms with Crippen LogP contribution < -0.4 is 11.1 Å².